The number of carbonyl (C=O) groups is 2. The number of hydrogen-bond acceptors (Lipinski definition) is 4. The number of hydrogen-bond donors (Lipinski definition) is 1. The van der Waals surface area contributed by atoms with Crippen LogP contribution < -0.4 is 9.62 Å². The zero-order chi connectivity index (χ0) is 32.7. The van der Waals surface area contributed by atoms with E-state index in [4.69, 9.17) is 23.2 Å². The van der Waals surface area contributed by atoms with E-state index in [0.29, 0.717) is 33.4 Å². The van der Waals surface area contributed by atoms with Crippen LogP contribution in [0.3, 0.4) is 0 Å². The maximum absolute atomic E-state index is 14.6. The maximum atomic E-state index is 14.6. The molecule has 4 aromatic carbocycles. The fourth-order valence-electron chi connectivity index (χ4n) is 5.14. The highest BCUT2D eigenvalue weighted by Crippen LogP contribution is 2.30. The first-order valence-electron chi connectivity index (χ1n) is 14.6. The average Bonchev–Trinajstić information content (AvgIpc) is 3.00. The molecule has 0 saturated carbocycles. The van der Waals surface area contributed by atoms with E-state index in [1.807, 2.05) is 50.2 Å². The summed E-state index contributed by atoms with van der Waals surface area (Å²) in [6, 6.07) is 25.2. The van der Waals surface area contributed by atoms with Gasteiger partial charge in [0, 0.05) is 35.1 Å². The topological polar surface area (TPSA) is 86.8 Å². The third-order valence-corrected chi connectivity index (χ3v) is 10.0. The van der Waals surface area contributed by atoms with Crippen LogP contribution in [-0.4, -0.2) is 44.3 Å². The SMILES string of the molecule is CCNC(=O)[C@H](Cc1ccccc1)N(Cc1c(Cl)cccc1Cl)C(=O)CN(c1ccc(C)cc1C)S(=O)(=O)c1ccc(C)cc1. The number of carbonyl (C=O) groups excluding carboxylic acids is 2. The third-order valence-electron chi connectivity index (χ3n) is 7.52. The van der Waals surface area contributed by atoms with Gasteiger partial charge in [-0.15, -0.1) is 0 Å². The lowest BCUT2D eigenvalue weighted by Crippen LogP contribution is -2.53. The van der Waals surface area contributed by atoms with Crippen molar-refractivity contribution < 1.29 is 18.0 Å². The van der Waals surface area contributed by atoms with Gasteiger partial charge in [0.15, 0.2) is 0 Å². The van der Waals surface area contributed by atoms with Gasteiger partial charge in [0.25, 0.3) is 10.0 Å². The van der Waals surface area contributed by atoms with Crippen LogP contribution in [-0.2, 0) is 32.6 Å². The summed E-state index contributed by atoms with van der Waals surface area (Å²) in [6.45, 7) is 7.05. The van der Waals surface area contributed by atoms with Crippen molar-refractivity contribution in [3.05, 3.63) is 129 Å². The van der Waals surface area contributed by atoms with Gasteiger partial charge >= 0.3 is 0 Å². The summed E-state index contributed by atoms with van der Waals surface area (Å²) in [5.41, 5.74) is 4.18. The molecule has 0 heterocycles. The van der Waals surface area contributed by atoms with Crippen molar-refractivity contribution in [1.82, 2.24) is 10.2 Å². The van der Waals surface area contributed by atoms with E-state index >= 15 is 0 Å². The molecule has 0 radical (unpaired) electrons. The average molecular weight is 667 g/mol. The number of anilines is 1. The molecule has 0 unspecified atom stereocenters. The van der Waals surface area contributed by atoms with E-state index in [1.54, 1.807) is 56.3 Å². The Morgan fingerprint density at radius 3 is 2.04 bits per heavy atom. The van der Waals surface area contributed by atoms with Gasteiger partial charge in [-0.25, -0.2) is 8.42 Å². The van der Waals surface area contributed by atoms with Crippen LogP contribution in [0.2, 0.25) is 10.0 Å². The normalized spacial score (nSPS) is 12.0. The van der Waals surface area contributed by atoms with Crippen LogP contribution in [0.25, 0.3) is 0 Å². The second-order valence-electron chi connectivity index (χ2n) is 10.9. The van der Waals surface area contributed by atoms with Crippen LogP contribution >= 0.6 is 23.2 Å². The maximum Gasteiger partial charge on any atom is 0.264 e. The Morgan fingerprint density at radius 2 is 1.44 bits per heavy atom. The van der Waals surface area contributed by atoms with Gasteiger partial charge < -0.3 is 10.2 Å². The highest BCUT2D eigenvalue weighted by Gasteiger charge is 2.35. The van der Waals surface area contributed by atoms with Crippen molar-refractivity contribution >= 4 is 50.7 Å². The number of nitrogens with zero attached hydrogens (tertiary/aromatic N) is 2. The molecule has 45 heavy (non-hydrogen) atoms. The molecule has 236 valence electrons. The minimum atomic E-state index is -4.21. The second kappa shape index (κ2) is 15.0. The number of rotatable bonds is 12. The molecule has 0 saturated heterocycles. The molecule has 0 bridgehead atoms. The molecule has 0 spiro atoms. The Balaban J connectivity index is 1.85. The van der Waals surface area contributed by atoms with E-state index in [1.165, 1.54) is 17.0 Å². The highest BCUT2D eigenvalue weighted by atomic mass is 35.5. The lowest BCUT2D eigenvalue weighted by atomic mass is 10.0. The Kier molecular flexibility index (Phi) is 11.3. The molecule has 1 atom stereocenters. The molecule has 7 nitrogen and oxygen atoms in total. The summed E-state index contributed by atoms with van der Waals surface area (Å²) in [5, 5.41) is 3.50. The minimum absolute atomic E-state index is 0.0473. The number of benzene rings is 4. The third kappa shape index (κ3) is 8.25. The molecule has 0 fully saturated rings. The molecule has 1 N–H and O–H groups in total. The molecule has 2 amide bonds. The fourth-order valence-corrected chi connectivity index (χ4v) is 7.13. The predicted molar refractivity (Wildman–Crippen MR) is 181 cm³/mol. The molecule has 0 aliphatic rings. The Morgan fingerprint density at radius 1 is 0.822 bits per heavy atom. The predicted octanol–water partition coefficient (Wildman–Crippen LogP) is 6.89. The van der Waals surface area contributed by atoms with Gasteiger partial charge in [0.05, 0.1) is 10.6 Å². The quantitative estimate of drug-likeness (QED) is 0.179. The van der Waals surface area contributed by atoms with Gasteiger partial charge in [-0.2, -0.15) is 0 Å². The summed E-state index contributed by atoms with van der Waals surface area (Å²) in [5.74, 6) is -0.967. The monoisotopic (exact) mass is 665 g/mol. The lowest BCUT2D eigenvalue weighted by molar-refractivity contribution is -0.140. The summed E-state index contributed by atoms with van der Waals surface area (Å²) in [7, 11) is -4.21. The van der Waals surface area contributed by atoms with Crippen LogP contribution in [0.4, 0.5) is 5.69 Å². The van der Waals surface area contributed by atoms with Crippen molar-refractivity contribution in [2.45, 2.75) is 51.6 Å². The van der Waals surface area contributed by atoms with E-state index in [0.717, 1.165) is 21.0 Å². The fraction of sp³-hybridized carbons (Fsp3) is 0.257. The number of sulfonamides is 1. The molecule has 0 aliphatic carbocycles. The van der Waals surface area contributed by atoms with E-state index in [-0.39, 0.29) is 23.8 Å². The van der Waals surface area contributed by atoms with Gasteiger partial charge in [-0.1, -0.05) is 95.0 Å². The summed E-state index contributed by atoms with van der Waals surface area (Å²) < 4.78 is 29.6. The van der Waals surface area contributed by atoms with Crippen molar-refractivity contribution in [2.24, 2.45) is 0 Å². The molecule has 10 heteroatoms. The number of amides is 2. The molecule has 0 aromatic heterocycles. The van der Waals surface area contributed by atoms with E-state index in [2.05, 4.69) is 5.32 Å². The molecular formula is C35H37Cl2N3O4S. The molecular weight excluding hydrogens is 629 g/mol. The summed E-state index contributed by atoms with van der Waals surface area (Å²) in [4.78, 5) is 29.6. The summed E-state index contributed by atoms with van der Waals surface area (Å²) in [6.07, 6.45) is 0.189. The molecule has 4 rings (SSSR count). The Bertz CT molecular complexity index is 1740. The van der Waals surface area contributed by atoms with Crippen LogP contribution in [0.5, 0.6) is 0 Å². The first-order valence-corrected chi connectivity index (χ1v) is 16.8. The van der Waals surface area contributed by atoms with E-state index < -0.39 is 28.5 Å². The van der Waals surface area contributed by atoms with Gasteiger partial charge in [0.1, 0.15) is 12.6 Å². The Labute approximate surface area is 275 Å². The van der Waals surface area contributed by atoms with Gasteiger partial charge in [-0.05, 0) is 69.2 Å². The van der Waals surface area contributed by atoms with Crippen LogP contribution in [0.15, 0.2) is 95.9 Å². The van der Waals surface area contributed by atoms with Crippen LogP contribution in [0.1, 0.15) is 34.7 Å². The van der Waals surface area contributed by atoms with E-state index in [9.17, 15) is 18.0 Å². The van der Waals surface area contributed by atoms with Crippen molar-refractivity contribution in [3.63, 3.8) is 0 Å². The zero-order valence-electron chi connectivity index (χ0n) is 25.8. The van der Waals surface area contributed by atoms with Crippen molar-refractivity contribution in [1.29, 1.82) is 0 Å². The van der Waals surface area contributed by atoms with Gasteiger partial charge in [-0.3, -0.25) is 13.9 Å². The number of halogens is 2. The molecule has 4 aromatic rings. The number of aryl methyl sites for hydroxylation is 3. The van der Waals surface area contributed by atoms with Gasteiger partial charge in [0.2, 0.25) is 11.8 Å². The smallest absolute Gasteiger partial charge is 0.264 e. The van der Waals surface area contributed by atoms with Crippen molar-refractivity contribution in [3.8, 4) is 0 Å². The minimum Gasteiger partial charge on any atom is -0.355 e. The van der Waals surface area contributed by atoms with Crippen LogP contribution in [0, 0.1) is 20.8 Å². The highest BCUT2D eigenvalue weighted by molar-refractivity contribution is 7.92. The largest absolute Gasteiger partial charge is 0.355 e. The standard InChI is InChI=1S/C35H37Cl2N3O4S/c1-5-38-35(42)33(21-27-10-7-6-8-11-27)39(22-29-30(36)12-9-13-31(29)37)34(41)23-40(32-19-16-25(3)20-26(32)4)45(43,44)28-17-14-24(2)15-18-28/h6-20,33H,5,21-23H2,1-4H3,(H,38,42)/t33-/m0/s1. The number of nitrogens with one attached hydrogen (secondary N) is 1. The number of likely N-dealkylation sites (N-methyl/N-ethyl adjacent to an activating group) is 1. The first kappa shape index (κ1) is 34.0. The Hall–Kier alpha value is -3.85. The second-order valence-corrected chi connectivity index (χ2v) is 13.6. The summed E-state index contributed by atoms with van der Waals surface area (Å²) >= 11 is 13.1. The van der Waals surface area contributed by atoms with Crippen molar-refractivity contribution in [2.75, 3.05) is 17.4 Å². The lowest BCUT2D eigenvalue weighted by Gasteiger charge is -2.34. The zero-order valence-corrected chi connectivity index (χ0v) is 28.1. The molecule has 0 aliphatic heterocycles. The first-order chi connectivity index (χ1) is 21.4.